The Balaban J connectivity index is 1.94. The maximum absolute atomic E-state index is 11.9. The molecule has 1 aromatic rings. The Morgan fingerprint density at radius 2 is 2.30 bits per heavy atom. The lowest BCUT2D eigenvalue weighted by Crippen LogP contribution is -2.32. The highest BCUT2D eigenvalue weighted by Crippen LogP contribution is 2.35. The zero-order chi connectivity index (χ0) is 16.4. The minimum Gasteiger partial charge on any atom is -0.463 e. The van der Waals surface area contributed by atoms with Gasteiger partial charge in [0.2, 0.25) is 0 Å². The molecule has 1 unspecified atom stereocenters. The maximum Gasteiger partial charge on any atom is 0.413 e. The van der Waals surface area contributed by atoms with Gasteiger partial charge in [-0.25, -0.2) is 9.79 Å². The lowest BCUT2D eigenvalue weighted by molar-refractivity contribution is 0.179. The summed E-state index contributed by atoms with van der Waals surface area (Å²) in [5.41, 5.74) is 8.85. The molecule has 1 atom stereocenters. The van der Waals surface area contributed by atoms with E-state index < -0.39 is 0 Å². The monoisotopic (exact) mass is 317 g/mol. The van der Waals surface area contributed by atoms with Crippen LogP contribution in [0, 0.1) is 0 Å². The number of aliphatic imine (C=N–C) groups is 1. The summed E-state index contributed by atoms with van der Waals surface area (Å²) in [6, 6.07) is 6.46. The number of nitrogens with two attached hydrogens (primary N) is 1. The molecule has 1 amide bonds. The van der Waals surface area contributed by atoms with Crippen LogP contribution >= 0.6 is 0 Å². The van der Waals surface area contributed by atoms with Crippen LogP contribution < -0.4 is 10.6 Å². The molecule has 23 heavy (non-hydrogen) atoms. The summed E-state index contributed by atoms with van der Waals surface area (Å²) in [4.78, 5) is 18.1. The van der Waals surface area contributed by atoms with Crippen LogP contribution in [0.25, 0.3) is 0 Å². The van der Waals surface area contributed by atoms with Crippen LogP contribution in [-0.2, 0) is 22.3 Å². The molecule has 0 saturated heterocycles. The Morgan fingerprint density at radius 1 is 1.48 bits per heavy atom. The molecule has 1 aliphatic heterocycles. The summed E-state index contributed by atoms with van der Waals surface area (Å²) >= 11 is 0. The summed E-state index contributed by atoms with van der Waals surface area (Å²) in [6.45, 7) is 3.03. The second-order valence-electron chi connectivity index (χ2n) is 6.16. The first-order valence-corrected chi connectivity index (χ1v) is 8.02. The van der Waals surface area contributed by atoms with Crippen LogP contribution in [0.1, 0.15) is 30.9 Å². The van der Waals surface area contributed by atoms with Gasteiger partial charge in [0.15, 0.2) is 0 Å². The lowest BCUT2D eigenvalue weighted by atomic mass is 9.90. The second kappa shape index (κ2) is 6.10. The van der Waals surface area contributed by atoms with Crippen molar-refractivity contribution in [2.75, 3.05) is 25.2 Å². The molecule has 2 aliphatic rings. The quantitative estimate of drug-likeness (QED) is 0.907. The average Bonchev–Trinajstić information content (AvgIpc) is 2.80. The molecular formula is C17H23N3O3. The second-order valence-corrected chi connectivity index (χ2v) is 6.16. The van der Waals surface area contributed by atoms with E-state index in [9.17, 15) is 4.79 Å². The van der Waals surface area contributed by atoms with E-state index >= 15 is 0 Å². The number of hydrogen-bond acceptors (Lipinski definition) is 5. The van der Waals surface area contributed by atoms with Gasteiger partial charge >= 0.3 is 6.09 Å². The molecule has 6 nitrogen and oxygen atoms in total. The van der Waals surface area contributed by atoms with Gasteiger partial charge < -0.3 is 15.2 Å². The van der Waals surface area contributed by atoms with Gasteiger partial charge in [0.25, 0.3) is 6.02 Å². The molecule has 124 valence electrons. The van der Waals surface area contributed by atoms with Crippen molar-refractivity contribution >= 4 is 17.8 Å². The molecule has 0 fully saturated rings. The molecule has 2 N–H and O–H groups in total. The molecule has 1 spiro atoms. The molecule has 0 bridgehead atoms. The number of fused-ring (bicyclic) bond motifs is 1. The third-order valence-corrected chi connectivity index (χ3v) is 4.66. The fourth-order valence-corrected chi connectivity index (χ4v) is 3.49. The number of ether oxygens (including phenoxy) is 2. The van der Waals surface area contributed by atoms with Crippen LogP contribution in [0.5, 0.6) is 0 Å². The van der Waals surface area contributed by atoms with E-state index in [1.165, 1.54) is 18.2 Å². The predicted octanol–water partition coefficient (Wildman–Crippen LogP) is 2.24. The first kappa shape index (κ1) is 15.6. The highest BCUT2D eigenvalue weighted by Gasteiger charge is 2.38. The minimum absolute atomic E-state index is 0.254. The molecule has 1 aromatic carbocycles. The molecule has 6 heteroatoms. The number of hydrogen-bond donors (Lipinski definition) is 1. The number of amides is 1. The largest absolute Gasteiger partial charge is 0.463 e. The smallest absolute Gasteiger partial charge is 0.413 e. The van der Waals surface area contributed by atoms with Gasteiger partial charge in [-0.3, -0.25) is 4.90 Å². The van der Waals surface area contributed by atoms with Gasteiger partial charge in [0, 0.05) is 18.7 Å². The molecule has 0 saturated carbocycles. The zero-order valence-electron chi connectivity index (χ0n) is 13.7. The van der Waals surface area contributed by atoms with Crippen molar-refractivity contribution in [1.82, 2.24) is 0 Å². The lowest BCUT2D eigenvalue weighted by Gasteiger charge is -2.24. The van der Waals surface area contributed by atoms with E-state index in [2.05, 4.69) is 17.1 Å². The number of methoxy groups -OCH3 is 1. The Kier molecular flexibility index (Phi) is 4.15. The topological polar surface area (TPSA) is 77.2 Å². The first-order chi connectivity index (χ1) is 11.1. The van der Waals surface area contributed by atoms with Crippen molar-refractivity contribution < 1.29 is 14.3 Å². The van der Waals surface area contributed by atoms with Crippen molar-refractivity contribution in [1.29, 1.82) is 0 Å². The van der Waals surface area contributed by atoms with Crippen molar-refractivity contribution in [3.63, 3.8) is 0 Å². The number of benzene rings is 1. The Bertz CT molecular complexity index is 644. The normalized spacial score (nSPS) is 22.8. The van der Waals surface area contributed by atoms with Crippen molar-refractivity contribution in [2.45, 2.75) is 38.1 Å². The van der Waals surface area contributed by atoms with Gasteiger partial charge in [-0.15, -0.1) is 0 Å². The Hall–Kier alpha value is -2.24. The summed E-state index contributed by atoms with van der Waals surface area (Å²) in [5, 5.41) is 0. The van der Waals surface area contributed by atoms with E-state index in [1.54, 1.807) is 4.90 Å². The summed E-state index contributed by atoms with van der Waals surface area (Å²) in [7, 11) is 1.40. The van der Waals surface area contributed by atoms with E-state index in [0.29, 0.717) is 13.2 Å². The highest BCUT2D eigenvalue weighted by molar-refractivity contribution is 5.87. The van der Waals surface area contributed by atoms with Crippen molar-refractivity contribution in [3.05, 3.63) is 29.3 Å². The number of carbonyl (C=O) groups excluding carboxylic acids is 1. The standard InChI is InChI=1S/C17H23N3O3/c1-3-20(16(21)22-2)14-7-6-12-5-4-8-17(10-13(12)9-14)11-23-15(18)19-17/h6-7,9H,3-5,8,10-11H2,1-2H3,(H2,18,19). The first-order valence-electron chi connectivity index (χ1n) is 8.02. The fraction of sp³-hybridized carbons (Fsp3) is 0.529. The van der Waals surface area contributed by atoms with Crippen LogP contribution in [0.15, 0.2) is 23.2 Å². The highest BCUT2D eigenvalue weighted by atomic mass is 16.5. The van der Waals surface area contributed by atoms with E-state index in [0.717, 1.165) is 31.4 Å². The average molecular weight is 317 g/mol. The van der Waals surface area contributed by atoms with Crippen LogP contribution in [0.3, 0.4) is 0 Å². The van der Waals surface area contributed by atoms with E-state index in [4.69, 9.17) is 15.2 Å². The SMILES string of the molecule is CCN(C(=O)OC)c1ccc2c(c1)CC1(CCC2)COC(N)=N1. The molecule has 1 aliphatic carbocycles. The molecule has 0 aromatic heterocycles. The third-order valence-electron chi connectivity index (χ3n) is 4.66. The number of nitrogens with zero attached hydrogens (tertiary/aromatic N) is 2. The number of amidine groups is 1. The van der Waals surface area contributed by atoms with Gasteiger partial charge in [-0.1, -0.05) is 6.07 Å². The molecule has 3 rings (SSSR count). The fourth-order valence-electron chi connectivity index (χ4n) is 3.49. The number of carbonyl (C=O) groups is 1. The minimum atomic E-state index is -0.345. The van der Waals surface area contributed by atoms with Gasteiger partial charge in [0.1, 0.15) is 12.1 Å². The van der Waals surface area contributed by atoms with Gasteiger partial charge in [-0.2, -0.15) is 0 Å². The summed E-state index contributed by atoms with van der Waals surface area (Å²) in [6.07, 6.45) is 3.47. The van der Waals surface area contributed by atoms with E-state index in [-0.39, 0.29) is 17.7 Å². The van der Waals surface area contributed by atoms with Crippen LogP contribution in [-0.4, -0.2) is 37.9 Å². The Labute approximate surface area is 136 Å². The molecule has 1 heterocycles. The predicted molar refractivity (Wildman–Crippen MR) is 88.8 cm³/mol. The number of aryl methyl sites for hydroxylation is 1. The summed E-state index contributed by atoms with van der Waals surface area (Å²) < 4.78 is 10.3. The summed E-state index contributed by atoms with van der Waals surface area (Å²) in [5.74, 6) is 0. The van der Waals surface area contributed by atoms with E-state index in [1.807, 2.05) is 13.0 Å². The van der Waals surface area contributed by atoms with Crippen LogP contribution in [0.2, 0.25) is 0 Å². The van der Waals surface area contributed by atoms with Gasteiger partial charge in [-0.05, 0) is 49.4 Å². The van der Waals surface area contributed by atoms with Gasteiger partial charge in [0.05, 0.1) is 7.11 Å². The van der Waals surface area contributed by atoms with Crippen LogP contribution in [0.4, 0.5) is 10.5 Å². The molecular weight excluding hydrogens is 294 g/mol. The van der Waals surface area contributed by atoms with Crippen molar-refractivity contribution in [2.24, 2.45) is 10.7 Å². The number of anilines is 1. The third kappa shape index (κ3) is 2.98. The Morgan fingerprint density at radius 3 is 2.96 bits per heavy atom. The number of rotatable bonds is 2. The zero-order valence-corrected chi connectivity index (χ0v) is 13.7. The maximum atomic E-state index is 11.9. The van der Waals surface area contributed by atoms with Crippen molar-refractivity contribution in [3.8, 4) is 0 Å². The molecule has 0 radical (unpaired) electrons.